The summed E-state index contributed by atoms with van der Waals surface area (Å²) in [7, 11) is 0. The first-order valence-electron chi connectivity index (χ1n) is 15.1. The van der Waals surface area contributed by atoms with Crippen LogP contribution in [0.5, 0.6) is 0 Å². The van der Waals surface area contributed by atoms with Crippen LogP contribution in [0.25, 0.3) is 0 Å². The second-order valence-electron chi connectivity index (χ2n) is 12.5. The quantitative estimate of drug-likeness (QED) is 0.181. The van der Waals surface area contributed by atoms with Gasteiger partial charge in [0.15, 0.2) is 11.6 Å². The molecule has 0 aromatic heterocycles. The molecule has 2 aromatic rings. The lowest BCUT2D eigenvalue weighted by molar-refractivity contribution is -0.300. The standard InChI is InChI=1S/C33H38F5NOS/c1-20-2-4-21(5-3-20)24-10-15-28(29(34)16-24)23-6-11-26(12-7-23)33(37,38)40-27-13-8-22(9-14-27)25-17-30(35)32(39-19-41)31(36)18-25/h10,15-18,20-23,26-27H,2-9,11-14H2,1H3. The van der Waals surface area contributed by atoms with Crippen LogP contribution in [0, 0.1) is 29.3 Å². The lowest BCUT2D eigenvalue weighted by Crippen LogP contribution is -2.38. The van der Waals surface area contributed by atoms with Crippen LogP contribution in [-0.4, -0.2) is 17.4 Å². The average Bonchev–Trinajstić information content (AvgIpc) is 2.95. The molecular formula is C33H38F5NOS. The van der Waals surface area contributed by atoms with Gasteiger partial charge in [-0.05, 0) is 135 Å². The predicted molar refractivity (Wildman–Crippen MR) is 154 cm³/mol. The number of benzene rings is 2. The smallest absolute Gasteiger partial charge is 0.317 e. The fourth-order valence-electron chi connectivity index (χ4n) is 7.27. The van der Waals surface area contributed by atoms with Gasteiger partial charge in [0.05, 0.1) is 17.2 Å². The summed E-state index contributed by atoms with van der Waals surface area (Å²) in [5, 5.41) is 1.97. The zero-order valence-electron chi connectivity index (χ0n) is 23.5. The summed E-state index contributed by atoms with van der Waals surface area (Å²) in [6, 6.07) is 8.09. The van der Waals surface area contributed by atoms with Crippen molar-refractivity contribution in [1.29, 1.82) is 0 Å². The van der Waals surface area contributed by atoms with Crippen molar-refractivity contribution in [3.8, 4) is 0 Å². The first-order valence-corrected chi connectivity index (χ1v) is 15.5. The normalized spacial score (nSPS) is 29.1. The van der Waals surface area contributed by atoms with Gasteiger partial charge in [0, 0.05) is 0 Å². The van der Waals surface area contributed by atoms with Crippen molar-refractivity contribution in [2.24, 2.45) is 16.8 Å². The largest absolute Gasteiger partial charge is 0.358 e. The van der Waals surface area contributed by atoms with Crippen molar-refractivity contribution < 1.29 is 26.7 Å². The van der Waals surface area contributed by atoms with E-state index >= 15 is 13.2 Å². The number of aliphatic imine (C=N–C) groups is 1. The van der Waals surface area contributed by atoms with Crippen LogP contribution in [0.1, 0.15) is 118 Å². The van der Waals surface area contributed by atoms with E-state index in [4.69, 9.17) is 4.74 Å². The monoisotopic (exact) mass is 591 g/mol. The molecule has 0 N–H and O–H groups in total. The predicted octanol–water partition coefficient (Wildman–Crippen LogP) is 10.7. The van der Waals surface area contributed by atoms with Crippen LogP contribution < -0.4 is 0 Å². The molecule has 0 radical (unpaired) electrons. The minimum atomic E-state index is -3.26. The molecule has 3 aliphatic rings. The highest BCUT2D eigenvalue weighted by Crippen LogP contribution is 2.46. The van der Waals surface area contributed by atoms with E-state index in [1.54, 1.807) is 6.07 Å². The summed E-state index contributed by atoms with van der Waals surface area (Å²) < 4.78 is 79.4. The van der Waals surface area contributed by atoms with Crippen LogP contribution in [-0.2, 0) is 4.74 Å². The molecule has 0 bridgehead atoms. The van der Waals surface area contributed by atoms with Crippen molar-refractivity contribution in [3.63, 3.8) is 0 Å². The minimum Gasteiger partial charge on any atom is -0.317 e. The average molecular weight is 592 g/mol. The van der Waals surface area contributed by atoms with Crippen molar-refractivity contribution in [2.75, 3.05) is 0 Å². The number of hydrogen-bond donors (Lipinski definition) is 0. The van der Waals surface area contributed by atoms with Gasteiger partial charge in [-0.3, -0.25) is 0 Å². The summed E-state index contributed by atoms with van der Waals surface area (Å²) in [6.45, 7) is 2.27. The first-order chi connectivity index (χ1) is 19.6. The van der Waals surface area contributed by atoms with Crippen LogP contribution >= 0.6 is 12.2 Å². The van der Waals surface area contributed by atoms with Gasteiger partial charge in [0.2, 0.25) is 0 Å². The summed E-state index contributed by atoms with van der Waals surface area (Å²) in [5.74, 6) is -1.78. The molecule has 2 nitrogen and oxygen atoms in total. The van der Waals surface area contributed by atoms with Crippen molar-refractivity contribution in [1.82, 2.24) is 0 Å². The van der Waals surface area contributed by atoms with E-state index in [2.05, 4.69) is 24.1 Å². The van der Waals surface area contributed by atoms with Gasteiger partial charge in [-0.2, -0.15) is 13.8 Å². The van der Waals surface area contributed by atoms with Crippen LogP contribution in [0.4, 0.5) is 27.6 Å². The highest BCUT2D eigenvalue weighted by molar-refractivity contribution is 7.78. The van der Waals surface area contributed by atoms with Gasteiger partial charge >= 0.3 is 6.11 Å². The fourth-order valence-corrected chi connectivity index (χ4v) is 7.36. The van der Waals surface area contributed by atoms with Gasteiger partial charge in [-0.25, -0.2) is 13.2 Å². The van der Waals surface area contributed by atoms with Crippen LogP contribution in [0.15, 0.2) is 35.3 Å². The third kappa shape index (κ3) is 7.09. The summed E-state index contributed by atoms with van der Waals surface area (Å²) in [4.78, 5) is 3.43. The maximum Gasteiger partial charge on any atom is 0.358 e. The number of halogens is 5. The number of hydrogen-bond acceptors (Lipinski definition) is 3. The molecule has 0 unspecified atom stereocenters. The van der Waals surface area contributed by atoms with Crippen molar-refractivity contribution in [3.05, 3.63) is 64.5 Å². The molecule has 41 heavy (non-hydrogen) atoms. The highest BCUT2D eigenvalue weighted by Gasteiger charge is 2.45. The summed E-state index contributed by atoms with van der Waals surface area (Å²) in [5.41, 5.74) is 1.73. The third-order valence-electron chi connectivity index (χ3n) is 9.82. The van der Waals surface area contributed by atoms with E-state index in [0.29, 0.717) is 55.6 Å². The van der Waals surface area contributed by atoms with Gasteiger partial charge in [-0.1, -0.05) is 31.9 Å². The van der Waals surface area contributed by atoms with Gasteiger partial charge in [0.25, 0.3) is 0 Å². The fraction of sp³-hybridized carbons (Fsp3) is 0.606. The number of rotatable bonds is 7. The second kappa shape index (κ2) is 13.0. The van der Waals surface area contributed by atoms with E-state index in [-0.39, 0.29) is 30.5 Å². The molecule has 2 aromatic carbocycles. The molecular weight excluding hydrogens is 553 g/mol. The van der Waals surface area contributed by atoms with Gasteiger partial charge in [-0.15, -0.1) is 0 Å². The zero-order chi connectivity index (χ0) is 29.1. The van der Waals surface area contributed by atoms with E-state index in [1.807, 2.05) is 17.3 Å². The molecule has 3 aliphatic carbocycles. The van der Waals surface area contributed by atoms with Crippen molar-refractivity contribution in [2.45, 2.75) is 114 Å². The zero-order valence-corrected chi connectivity index (χ0v) is 24.3. The number of nitrogens with zero attached hydrogens (tertiary/aromatic N) is 1. The Bertz CT molecular complexity index is 1230. The Morgan fingerprint density at radius 3 is 1.85 bits per heavy atom. The SMILES string of the molecule is CC1CCC(c2ccc(C3CCC(C(F)(F)OC4CCC(c5cc(F)c(N=C=S)c(F)c5)CC4)CC3)c(F)c2)CC1. The molecule has 0 spiro atoms. The maximum atomic E-state index is 15.2. The molecule has 0 saturated heterocycles. The number of ether oxygens (including phenoxy) is 1. The Hall–Kier alpha value is -2.15. The Morgan fingerprint density at radius 1 is 0.732 bits per heavy atom. The Balaban J connectivity index is 1.12. The van der Waals surface area contributed by atoms with E-state index in [1.165, 1.54) is 25.0 Å². The number of alkyl halides is 2. The van der Waals surface area contributed by atoms with E-state index in [9.17, 15) is 8.78 Å². The molecule has 3 fully saturated rings. The second-order valence-corrected chi connectivity index (χ2v) is 12.7. The van der Waals surface area contributed by atoms with E-state index < -0.39 is 35.5 Å². The minimum absolute atomic E-state index is 0.0558. The topological polar surface area (TPSA) is 21.6 Å². The molecule has 0 atom stereocenters. The van der Waals surface area contributed by atoms with Crippen LogP contribution in [0.3, 0.4) is 0 Å². The van der Waals surface area contributed by atoms with Gasteiger partial charge in [0.1, 0.15) is 11.5 Å². The van der Waals surface area contributed by atoms with Crippen molar-refractivity contribution >= 4 is 23.1 Å². The lowest BCUT2D eigenvalue weighted by Gasteiger charge is -2.37. The molecule has 3 saturated carbocycles. The first kappa shape index (κ1) is 30.3. The number of isothiocyanates is 1. The van der Waals surface area contributed by atoms with E-state index in [0.717, 1.165) is 24.3 Å². The molecule has 5 rings (SSSR count). The summed E-state index contributed by atoms with van der Waals surface area (Å²) in [6.07, 6.45) is 4.01. The van der Waals surface area contributed by atoms with Gasteiger partial charge < -0.3 is 4.74 Å². The Kier molecular flexibility index (Phi) is 9.62. The molecule has 0 aliphatic heterocycles. The molecule has 0 amide bonds. The Labute approximate surface area is 244 Å². The summed E-state index contributed by atoms with van der Waals surface area (Å²) >= 11 is 4.44. The molecule has 222 valence electrons. The molecule has 0 heterocycles. The Morgan fingerprint density at radius 2 is 1.27 bits per heavy atom. The third-order valence-corrected chi connectivity index (χ3v) is 9.91. The molecule has 8 heteroatoms. The maximum absolute atomic E-state index is 15.2. The van der Waals surface area contributed by atoms with Crippen LogP contribution in [0.2, 0.25) is 0 Å². The highest BCUT2D eigenvalue weighted by atomic mass is 32.1. The lowest BCUT2D eigenvalue weighted by atomic mass is 9.76. The number of thiocarbonyl (C=S) groups is 1.